The van der Waals surface area contributed by atoms with Crippen LogP contribution in [0.4, 0.5) is 0 Å². The Morgan fingerprint density at radius 1 is 1.42 bits per heavy atom. The fourth-order valence-corrected chi connectivity index (χ4v) is 3.68. The fourth-order valence-electron chi connectivity index (χ4n) is 3.68. The predicted octanol–water partition coefficient (Wildman–Crippen LogP) is 2.33. The number of fused-ring (bicyclic) bond motifs is 1. The van der Waals surface area contributed by atoms with Gasteiger partial charge in [-0.2, -0.15) is 10.4 Å². The first-order chi connectivity index (χ1) is 12.6. The molecule has 26 heavy (non-hydrogen) atoms. The highest BCUT2D eigenvalue weighted by molar-refractivity contribution is 5.65. The molecule has 0 spiro atoms. The minimum Gasteiger partial charge on any atom is -0.370 e. The van der Waals surface area contributed by atoms with Crippen molar-refractivity contribution in [2.75, 3.05) is 6.61 Å². The lowest BCUT2D eigenvalue weighted by Gasteiger charge is -2.13. The summed E-state index contributed by atoms with van der Waals surface area (Å²) in [6.07, 6.45) is 4.61. The Balaban J connectivity index is 1.77. The minimum absolute atomic E-state index is 0.146. The van der Waals surface area contributed by atoms with Crippen LogP contribution in [-0.2, 0) is 17.8 Å². The summed E-state index contributed by atoms with van der Waals surface area (Å²) < 4.78 is 10.8. The largest absolute Gasteiger partial charge is 0.370 e. The average molecular weight is 351 g/mol. The van der Waals surface area contributed by atoms with E-state index in [2.05, 4.69) is 18.1 Å². The van der Waals surface area contributed by atoms with Gasteiger partial charge in [-0.3, -0.25) is 4.57 Å². The molecule has 7 nitrogen and oxygen atoms in total. The second-order valence-electron chi connectivity index (χ2n) is 6.73. The summed E-state index contributed by atoms with van der Waals surface area (Å²) in [4.78, 5) is 12.8. The van der Waals surface area contributed by atoms with Gasteiger partial charge in [-0.25, -0.2) is 9.48 Å². The molecule has 1 fully saturated rings. The number of hydrogen-bond acceptors (Lipinski definition) is 4. The third-order valence-electron chi connectivity index (χ3n) is 5.10. The third kappa shape index (κ3) is 2.54. The van der Waals surface area contributed by atoms with Crippen molar-refractivity contribution in [3.63, 3.8) is 0 Å². The molecule has 1 aliphatic rings. The van der Waals surface area contributed by atoms with Crippen LogP contribution in [0.3, 0.4) is 0 Å². The molecule has 0 saturated carbocycles. The van der Waals surface area contributed by atoms with Crippen molar-refractivity contribution in [1.29, 1.82) is 5.26 Å². The van der Waals surface area contributed by atoms with Gasteiger partial charge in [0.25, 0.3) is 0 Å². The minimum atomic E-state index is -0.163. The summed E-state index contributed by atoms with van der Waals surface area (Å²) in [5.41, 5.74) is 2.04. The van der Waals surface area contributed by atoms with Crippen LogP contribution in [0.15, 0.2) is 35.4 Å². The molecule has 7 heteroatoms. The number of hydrogen-bond donors (Lipinski definition) is 0. The van der Waals surface area contributed by atoms with E-state index in [9.17, 15) is 10.1 Å². The molecule has 4 heterocycles. The maximum Gasteiger partial charge on any atom is 0.346 e. The predicted molar refractivity (Wildman–Crippen MR) is 95.8 cm³/mol. The van der Waals surface area contributed by atoms with Gasteiger partial charge < -0.3 is 9.14 Å². The van der Waals surface area contributed by atoms with E-state index in [1.807, 2.05) is 41.9 Å². The first-order valence-corrected chi connectivity index (χ1v) is 8.91. The third-order valence-corrected chi connectivity index (χ3v) is 5.10. The molecular weight excluding hydrogens is 330 g/mol. The first kappa shape index (κ1) is 16.6. The zero-order valence-corrected chi connectivity index (χ0v) is 14.9. The summed E-state index contributed by atoms with van der Waals surface area (Å²) in [5.74, 6) is 1.02. The van der Waals surface area contributed by atoms with Gasteiger partial charge in [-0.05, 0) is 31.4 Å². The standard InChI is InChI=1S/C19H21N5O2/c1-3-23-18(17-13(2)7-9-26-17)21-24(19(23)25)12-14-11-22-8-5-4-6-16(22)15(14)10-20/h4-6,8,11,13,17H,3,7,9,12H2,1-2H3/t13-,17+/m1/s1. The first-order valence-electron chi connectivity index (χ1n) is 8.91. The van der Waals surface area contributed by atoms with E-state index < -0.39 is 0 Å². The number of pyridine rings is 1. The van der Waals surface area contributed by atoms with Gasteiger partial charge in [0.15, 0.2) is 5.82 Å². The summed E-state index contributed by atoms with van der Waals surface area (Å²) in [7, 11) is 0. The van der Waals surface area contributed by atoms with Gasteiger partial charge >= 0.3 is 5.69 Å². The van der Waals surface area contributed by atoms with Gasteiger partial charge in [0.05, 0.1) is 17.6 Å². The zero-order valence-electron chi connectivity index (χ0n) is 14.9. The Kier molecular flexibility index (Phi) is 4.13. The van der Waals surface area contributed by atoms with Gasteiger partial charge in [0, 0.05) is 31.1 Å². The monoisotopic (exact) mass is 351 g/mol. The number of nitrogens with zero attached hydrogens (tertiary/aromatic N) is 5. The maximum absolute atomic E-state index is 12.8. The molecule has 1 saturated heterocycles. The second kappa shape index (κ2) is 6.46. The summed E-state index contributed by atoms with van der Waals surface area (Å²) in [6, 6.07) is 7.97. The number of nitriles is 1. The number of aromatic nitrogens is 4. The van der Waals surface area contributed by atoms with E-state index in [0.29, 0.717) is 30.5 Å². The Hall–Kier alpha value is -2.85. The normalized spacial score (nSPS) is 19.9. The number of ether oxygens (including phenoxy) is 1. The van der Waals surface area contributed by atoms with Crippen molar-refractivity contribution < 1.29 is 4.74 Å². The molecule has 0 aromatic carbocycles. The van der Waals surface area contributed by atoms with Gasteiger partial charge in [0.2, 0.25) is 0 Å². The molecular formula is C19H21N5O2. The molecule has 0 aliphatic carbocycles. The van der Waals surface area contributed by atoms with Crippen LogP contribution in [-0.4, -0.2) is 25.4 Å². The Labute approximate surface area is 151 Å². The maximum atomic E-state index is 12.8. The van der Waals surface area contributed by atoms with Crippen LogP contribution in [0.25, 0.3) is 5.52 Å². The van der Waals surface area contributed by atoms with E-state index in [1.54, 1.807) is 4.57 Å². The van der Waals surface area contributed by atoms with Crippen molar-refractivity contribution in [2.24, 2.45) is 5.92 Å². The average Bonchev–Trinajstić information content (AvgIpc) is 3.30. The van der Waals surface area contributed by atoms with E-state index in [4.69, 9.17) is 4.74 Å². The molecule has 0 amide bonds. The number of rotatable bonds is 4. The fraction of sp³-hybridized carbons (Fsp3) is 0.421. The molecule has 0 N–H and O–H groups in total. The Morgan fingerprint density at radius 3 is 2.96 bits per heavy atom. The van der Waals surface area contributed by atoms with Gasteiger partial charge in [-0.15, -0.1) is 0 Å². The summed E-state index contributed by atoms with van der Waals surface area (Å²) in [5, 5.41) is 14.1. The lowest BCUT2D eigenvalue weighted by Crippen LogP contribution is -2.26. The van der Waals surface area contributed by atoms with Crippen molar-refractivity contribution >= 4 is 5.52 Å². The molecule has 4 rings (SSSR count). The van der Waals surface area contributed by atoms with Crippen LogP contribution >= 0.6 is 0 Å². The lowest BCUT2D eigenvalue weighted by atomic mass is 10.0. The lowest BCUT2D eigenvalue weighted by molar-refractivity contribution is 0.0836. The highest BCUT2D eigenvalue weighted by atomic mass is 16.5. The smallest absolute Gasteiger partial charge is 0.346 e. The van der Waals surface area contributed by atoms with Crippen LogP contribution in [0.2, 0.25) is 0 Å². The van der Waals surface area contributed by atoms with E-state index >= 15 is 0 Å². The van der Waals surface area contributed by atoms with Crippen LogP contribution in [0, 0.1) is 17.2 Å². The molecule has 3 aromatic rings. The van der Waals surface area contributed by atoms with Crippen molar-refractivity contribution in [1.82, 2.24) is 18.7 Å². The molecule has 0 bridgehead atoms. The Morgan fingerprint density at radius 2 is 2.27 bits per heavy atom. The Bertz CT molecular complexity index is 1050. The SMILES string of the molecule is CCn1c([C@H]2OCC[C@H]2C)nn(Cc2cn3ccccc3c2C#N)c1=O. The highest BCUT2D eigenvalue weighted by Gasteiger charge is 2.31. The van der Waals surface area contributed by atoms with Gasteiger partial charge in [-0.1, -0.05) is 13.0 Å². The van der Waals surface area contributed by atoms with E-state index in [0.717, 1.165) is 17.5 Å². The molecule has 1 aliphatic heterocycles. The van der Waals surface area contributed by atoms with Crippen molar-refractivity contribution in [3.05, 3.63) is 58.0 Å². The van der Waals surface area contributed by atoms with Crippen molar-refractivity contribution in [3.8, 4) is 6.07 Å². The van der Waals surface area contributed by atoms with E-state index in [1.165, 1.54) is 4.68 Å². The topological polar surface area (TPSA) is 77.2 Å². The highest BCUT2D eigenvalue weighted by Crippen LogP contribution is 2.32. The van der Waals surface area contributed by atoms with E-state index in [-0.39, 0.29) is 18.3 Å². The molecule has 0 radical (unpaired) electrons. The van der Waals surface area contributed by atoms with Crippen LogP contribution in [0.1, 0.15) is 43.3 Å². The molecule has 0 unspecified atom stereocenters. The quantitative estimate of drug-likeness (QED) is 0.723. The summed E-state index contributed by atoms with van der Waals surface area (Å²) in [6.45, 7) is 5.56. The summed E-state index contributed by atoms with van der Waals surface area (Å²) >= 11 is 0. The van der Waals surface area contributed by atoms with Crippen molar-refractivity contribution in [2.45, 2.75) is 39.5 Å². The van der Waals surface area contributed by atoms with Gasteiger partial charge in [0.1, 0.15) is 12.2 Å². The second-order valence-corrected chi connectivity index (χ2v) is 6.73. The molecule has 3 aromatic heterocycles. The van der Waals surface area contributed by atoms with Crippen LogP contribution in [0.5, 0.6) is 0 Å². The molecule has 2 atom stereocenters. The molecule has 134 valence electrons. The zero-order chi connectivity index (χ0) is 18.3. The van der Waals surface area contributed by atoms with Crippen LogP contribution < -0.4 is 5.69 Å².